The van der Waals surface area contributed by atoms with E-state index in [0.29, 0.717) is 5.96 Å². The number of hydrogen-bond donors (Lipinski definition) is 2. The van der Waals surface area contributed by atoms with Gasteiger partial charge in [-0.2, -0.15) is 4.99 Å². The first-order valence-electron chi connectivity index (χ1n) is 9.06. The topological polar surface area (TPSA) is 93.1 Å². The molecular formula is C19H25N5O. The molecule has 0 amide bonds. The van der Waals surface area contributed by atoms with Crippen LogP contribution in [0.4, 0.5) is 5.69 Å². The number of nitrogens with two attached hydrogens (primary N) is 2. The Morgan fingerprint density at radius 2 is 1.96 bits per heavy atom. The van der Waals surface area contributed by atoms with Crippen molar-refractivity contribution in [3.8, 4) is 0 Å². The molecule has 4 N–H and O–H groups in total. The molecule has 0 bridgehead atoms. The van der Waals surface area contributed by atoms with E-state index in [9.17, 15) is 0 Å². The van der Waals surface area contributed by atoms with Crippen molar-refractivity contribution in [2.75, 3.05) is 4.90 Å². The van der Waals surface area contributed by atoms with Crippen molar-refractivity contribution in [2.24, 2.45) is 21.5 Å². The molecule has 0 unspecified atom stereocenters. The maximum Gasteiger partial charge on any atom is 0.220 e. The first-order valence-corrected chi connectivity index (χ1v) is 9.06. The molecule has 1 spiro atoms. The Hall–Kier alpha value is -2.50. The van der Waals surface area contributed by atoms with Crippen LogP contribution in [0.2, 0.25) is 0 Å². The van der Waals surface area contributed by atoms with Gasteiger partial charge in [0.05, 0.1) is 0 Å². The van der Waals surface area contributed by atoms with Gasteiger partial charge < -0.3 is 15.9 Å². The Bertz CT molecular complexity index is 873. The molecule has 0 atom stereocenters. The minimum Gasteiger partial charge on any atom is -0.461 e. The van der Waals surface area contributed by atoms with Crippen LogP contribution in [0.25, 0.3) is 11.0 Å². The van der Waals surface area contributed by atoms with Crippen LogP contribution in [-0.4, -0.2) is 17.6 Å². The molecule has 1 aliphatic carbocycles. The van der Waals surface area contributed by atoms with Crippen LogP contribution in [0.1, 0.15) is 50.4 Å². The Labute approximate surface area is 147 Å². The van der Waals surface area contributed by atoms with Gasteiger partial charge in [-0.05, 0) is 56.4 Å². The molecule has 0 saturated heterocycles. The number of benzene rings is 1. The molecule has 1 fully saturated rings. The Kier molecular flexibility index (Phi) is 3.71. The summed E-state index contributed by atoms with van der Waals surface area (Å²) in [7, 11) is 0. The highest BCUT2D eigenvalue weighted by Gasteiger charge is 2.42. The minimum absolute atomic E-state index is 0.282. The first kappa shape index (κ1) is 16.0. The summed E-state index contributed by atoms with van der Waals surface area (Å²) in [6.45, 7) is 4.21. The maximum atomic E-state index is 6.31. The summed E-state index contributed by atoms with van der Waals surface area (Å²) >= 11 is 0. The average molecular weight is 339 g/mol. The second kappa shape index (κ2) is 5.79. The number of hydrogen-bond acceptors (Lipinski definition) is 6. The molecule has 2 aromatic rings. The summed E-state index contributed by atoms with van der Waals surface area (Å²) < 4.78 is 5.94. The summed E-state index contributed by atoms with van der Waals surface area (Å²) in [6.07, 6.45) is 6.22. The zero-order chi connectivity index (χ0) is 17.6. The second-order valence-electron chi connectivity index (χ2n) is 7.00. The Morgan fingerprint density at radius 1 is 1.20 bits per heavy atom. The highest BCUT2D eigenvalue weighted by atomic mass is 16.3. The molecule has 2 aliphatic rings. The van der Waals surface area contributed by atoms with E-state index in [1.807, 2.05) is 12.1 Å². The van der Waals surface area contributed by atoms with E-state index in [0.717, 1.165) is 54.5 Å². The van der Waals surface area contributed by atoms with E-state index in [-0.39, 0.29) is 5.96 Å². The summed E-state index contributed by atoms with van der Waals surface area (Å²) in [4.78, 5) is 11.0. The number of fused-ring (bicyclic) bond motifs is 1. The molecule has 6 heteroatoms. The number of aliphatic imine (C=N–C) groups is 2. The molecule has 4 rings (SSSR count). The number of furan rings is 1. The van der Waals surface area contributed by atoms with Crippen molar-refractivity contribution in [3.63, 3.8) is 0 Å². The van der Waals surface area contributed by atoms with E-state index in [2.05, 4.69) is 29.8 Å². The molecular weight excluding hydrogens is 314 g/mol. The smallest absolute Gasteiger partial charge is 0.220 e. The normalized spacial score (nSPS) is 20.0. The highest BCUT2D eigenvalue weighted by molar-refractivity contribution is 6.06. The van der Waals surface area contributed by atoms with Crippen molar-refractivity contribution >= 4 is 28.6 Å². The Morgan fingerprint density at radius 3 is 2.68 bits per heavy atom. The van der Waals surface area contributed by atoms with Gasteiger partial charge in [-0.3, -0.25) is 4.90 Å². The zero-order valence-electron chi connectivity index (χ0n) is 14.9. The first-order chi connectivity index (χ1) is 12.0. The molecule has 1 saturated carbocycles. The van der Waals surface area contributed by atoms with E-state index >= 15 is 0 Å². The third-order valence-corrected chi connectivity index (χ3v) is 5.45. The van der Waals surface area contributed by atoms with Crippen LogP contribution in [-0.2, 0) is 6.42 Å². The number of guanidine groups is 2. The summed E-state index contributed by atoms with van der Waals surface area (Å²) in [5.41, 5.74) is 14.9. The standard InChI is InChI=1S/C19H25N5O/c1-3-15-12(2)14-11-13(7-8-16(14)25-15)24-18(21)22-17(20)23-19(24)9-5-4-6-10-19/h7-8,11H,3-6,9-10H2,1-2H3,(H4,20,21,22,23). The zero-order valence-corrected chi connectivity index (χ0v) is 14.9. The quantitative estimate of drug-likeness (QED) is 0.877. The molecule has 1 aromatic carbocycles. The van der Waals surface area contributed by atoms with Crippen molar-refractivity contribution in [1.29, 1.82) is 0 Å². The highest BCUT2D eigenvalue weighted by Crippen LogP contribution is 2.40. The SMILES string of the molecule is CCc1oc2ccc(N3C(N)=NC(N)=NC34CCCCC4)cc2c1C. The third-order valence-electron chi connectivity index (χ3n) is 5.45. The number of rotatable bonds is 2. The van der Waals surface area contributed by atoms with Gasteiger partial charge in [-0.25, -0.2) is 4.99 Å². The predicted molar refractivity (Wildman–Crippen MR) is 102 cm³/mol. The minimum atomic E-state index is -0.410. The monoisotopic (exact) mass is 339 g/mol. The summed E-state index contributed by atoms with van der Waals surface area (Å²) in [6, 6.07) is 6.20. The van der Waals surface area contributed by atoms with Gasteiger partial charge in [0.25, 0.3) is 0 Å². The summed E-state index contributed by atoms with van der Waals surface area (Å²) in [5, 5.41) is 1.12. The van der Waals surface area contributed by atoms with E-state index in [1.165, 1.54) is 12.0 Å². The number of nitrogens with zero attached hydrogens (tertiary/aromatic N) is 3. The van der Waals surface area contributed by atoms with Crippen molar-refractivity contribution in [2.45, 2.75) is 58.0 Å². The fourth-order valence-electron chi connectivity index (χ4n) is 4.23. The summed E-state index contributed by atoms with van der Waals surface area (Å²) in [5.74, 6) is 1.73. The fraction of sp³-hybridized carbons (Fsp3) is 0.474. The van der Waals surface area contributed by atoms with Crippen LogP contribution in [0.5, 0.6) is 0 Å². The van der Waals surface area contributed by atoms with Crippen LogP contribution >= 0.6 is 0 Å². The van der Waals surface area contributed by atoms with Gasteiger partial charge in [-0.15, -0.1) is 0 Å². The van der Waals surface area contributed by atoms with Gasteiger partial charge in [0, 0.05) is 17.5 Å². The largest absolute Gasteiger partial charge is 0.461 e. The molecule has 0 radical (unpaired) electrons. The lowest BCUT2D eigenvalue weighted by atomic mass is 9.87. The predicted octanol–water partition coefficient (Wildman–Crippen LogP) is 3.41. The lowest BCUT2D eigenvalue weighted by Gasteiger charge is -2.45. The molecule has 6 nitrogen and oxygen atoms in total. The second-order valence-corrected chi connectivity index (χ2v) is 7.00. The van der Waals surface area contributed by atoms with Crippen LogP contribution in [0.3, 0.4) is 0 Å². The van der Waals surface area contributed by atoms with Crippen LogP contribution < -0.4 is 16.4 Å². The van der Waals surface area contributed by atoms with Crippen LogP contribution in [0, 0.1) is 6.92 Å². The van der Waals surface area contributed by atoms with E-state index in [4.69, 9.17) is 20.9 Å². The molecule has 132 valence electrons. The van der Waals surface area contributed by atoms with E-state index < -0.39 is 5.66 Å². The lowest BCUT2D eigenvalue weighted by Crippen LogP contribution is -2.58. The van der Waals surface area contributed by atoms with Crippen molar-refractivity contribution in [1.82, 2.24) is 0 Å². The average Bonchev–Trinajstić information content (AvgIpc) is 2.91. The van der Waals surface area contributed by atoms with Gasteiger partial charge >= 0.3 is 0 Å². The van der Waals surface area contributed by atoms with Gasteiger partial charge in [0.15, 0.2) is 0 Å². The van der Waals surface area contributed by atoms with Gasteiger partial charge in [0.2, 0.25) is 11.9 Å². The van der Waals surface area contributed by atoms with Crippen molar-refractivity contribution < 1.29 is 4.42 Å². The molecule has 1 aromatic heterocycles. The van der Waals surface area contributed by atoms with Gasteiger partial charge in [-0.1, -0.05) is 13.3 Å². The van der Waals surface area contributed by atoms with E-state index in [1.54, 1.807) is 0 Å². The lowest BCUT2D eigenvalue weighted by molar-refractivity contribution is 0.305. The fourth-order valence-corrected chi connectivity index (χ4v) is 4.23. The number of anilines is 1. The van der Waals surface area contributed by atoms with Crippen LogP contribution in [0.15, 0.2) is 32.6 Å². The van der Waals surface area contributed by atoms with Gasteiger partial charge in [0.1, 0.15) is 17.0 Å². The van der Waals surface area contributed by atoms with Crippen molar-refractivity contribution in [3.05, 3.63) is 29.5 Å². The Balaban J connectivity index is 1.85. The third kappa shape index (κ3) is 2.47. The molecule has 25 heavy (non-hydrogen) atoms. The number of aryl methyl sites for hydroxylation is 2. The molecule has 1 aliphatic heterocycles. The maximum absolute atomic E-state index is 6.31. The molecule has 2 heterocycles.